The summed E-state index contributed by atoms with van der Waals surface area (Å²) in [5.74, 6) is 1.30. The lowest BCUT2D eigenvalue weighted by atomic mass is 9.98. The number of likely N-dealkylation sites (tertiary alicyclic amines) is 1. The van der Waals surface area contributed by atoms with Crippen LogP contribution in [0.15, 0.2) is 58.3 Å². The quantitative estimate of drug-likeness (QED) is 0.650. The summed E-state index contributed by atoms with van der Waals surface area (Å²) < 4.78 is 5.86. The van der Waals surface area contributed by atoms with Gasteiger partial charge in [-0.25, -0.2) is 0 Å². The number of amides is 1. The van der Waals surface area contributed by atoms with Crippen LogP contribution in [-0.4, -0.2) is 34.1 Å². The van der Waals surface area contributed by atoms with Crippen molar-refractivity contribution in [1.82, 2.24) is 15.1 Å². The Morgan fingerprint density at radius 1 is 1.19 bits per heavy atom. The van der Waals surface area contributed by atoms with Crippen molar-refractivity contribution in [2.75, 3.05) is 13.1 Å². The second-order valence-electron chi connectivity index (χ2n) is 6.29. The minimum Gasteiger partial charge on any atom is -0.420 e. The Morgan fingerprint density at radius 3 is 2.88 bits per heavy atom. The molecule has 0 N–H and O–H groups in total. The van der Waals surface area contributed by atoms with E-state index in [0.717, 1.165) is 29.8 Å². The van der Waals surface area contributed by atoms with Gasteiger partial charge >= 0.3 is 0 Å². The van der Waals surface area contributed by atoms with Crippen molar-refractivity contribution in [2.45, 2.75) is 18.8 Å². The standard InChI is InChI=1S/C20H19N3O2S/c24-18(11-10-15-6-2-1-3-7-15)23-12-4-8-16(14-23)19-21-22-20(25-19)17-9-5-13-26-17/h1-3,5-7,9-11,13,16H,4,8,12,14H2/b11-10+. The number of thiophene rings is 1. The van der Waals surface area contributed by atoms with Crippen molar-refractivity contribution in [2.24, 2.45) is 0 Å². The Bertz CT molecular complexity index is 887. The highest BCUT2D eigenvalue weighted by atomic mass is 32.1. The topological polar surface area (TPSA) is 59.2 Å². The third-order valence-corrected chi connectivity index (χ3v) is 5.33. The molecule has 4 rings (SSSR count). The fourth-order valence-corrected chi connectivity index (χ4v) is 3.76. The summed E-state index contributed by atoms with van der Waals surface area (Å²) >= 11 is 1.58. The lowest BCUT2D eigenvalue weighted by molar-refractivity contribution is -0.127. The second-order valence-corrected chi connectivity index (χ2v) is 7.24. The number of nitrogens with zero attached hydrogens (tertiary/aromatic N) is 3. The molecule has 1 aliphatic rings. The van der Waals surface area contributed by atoms with Gasteiger partial charge in [0.15, 0.2) is 0 Å². The van der Waals surface area contributed by atoms with Gasteiger partial charge in [-0.2, -0.15) is 0 Å². The van der Waals surface area contributed by atoms with Crippen molar-refractivity contribution in [3.8, 4) is 10.8 Å². The van der Waals surface area contributed by atoms with Crippen molar-refractivity contribution < 1.29 is 9.21 Å². The predicted molar refractivity (Wildman–Crippen MR) is 102 cm³/mol. The lowest BCUT2D eigenvalue weighted by Crippen LogP contribution is -2.38. The first-order valence-electron chi connectivity index (χ1n) is 8.69. The highest BCUT2D eigenvalue weighted by molar-refractivity contribution is 7.13. The highest BCUT2D eigenvalue weighted by Gasteiger charge is 2.27. The zero-order chi connectivity index (χ0) is 17.8. The van der Waals surface area contributed by atoms with E-state index in [9.17, 15) is 4.79 Å². The van der Waals surface area contributed by atoms with Gasteiger partial charge in [0.05, 0.1) is 10.8 Å². The van der Waals surface area contributed by atoms with Crippen LogP contribution in [0.2, 0.25) is 0 Å². The van der Waals surface area contributed by atoms with Gasteiger partial charge in [-0.15, -0.1) is 21.5 Å². The zero-order valence-corrected chi connectivity index (χ0v) is 15.1. The van der Waals surface area contributed by atoms with E-state index < -0.39 is 0 Å². The van der Waals surface area contributed by atoms with E-state index in [2.05, 4.69) is 10.2 Å². The first-order chi connectivity index (χ1) is 12.8. The summed E-state index contributed by atoms with van der Waals surface area (Å²) in [6, 6.07) is 13.8. The maximum Gasteiger partial charge on any atom is 0.257 e. The molecule has 3 heterocycles. The Morgan fingerprint density at radius 2 is 2.08 bits per heavy atom. The fourth-order valence-electron chi connectivity index (χ4n) is 3.12. The molecule has 1 amide bonds. The molecule has 0 bridgehead atoms. The first-order valence-corrected chi connectivity index (χ1v) is 9.57. The van der Waals surface area contributed by atoms with E-state index in [1.807, 2.05) is 58.8 Å². The van der Waals surface area contributed by atoms with Crippen molar-refractivity contribution in [3.05, 3.63) is 65.4 Å². The minimum absolute atomic E-state index is 0.0246. The maximum absolute atomic E-state index is 12.5. The van der Waals surface area contributed by atoms with Crippen LogP contribution in [0.4, 0.5) is 0 Å². The molecule has 132 valence electrons. The Kier molecular flexibility index (Phi) is 4.93. The van der Waals surface area contributed by atoms with Gasteiger partial charge in [-0.05, 0) is 35.9 Å². The molecule has 5 nitrogen and oxygen atoms in total. The molecule has 3 aromatic rings. The number of rotatable bonds is 4. The van der Waals surface area contributed by atoms with Gasteiger partial charge < -0.3 is 9.32 Å². The number of hydrogen-bond acceptors (Lipinski definition) is 5. The van der Waals surface area contributed by atoms with E-state index in [4.69, 9.17) is 4.42 Å². The number of carbonyl (C=O) groups is 1. The molecule has 1 aromatic carbocycles. The zero-order valence-electron chi connectivity index (χ0n) is 14.2. The molecule has 2 aromatic heterocycles. The summed E-state index contributed by atoms with van der Waals surface area (Å²) in [6.07, 6.45) is 5.39. The van der Waals surface area contributed by atoms with Crippen LogP contribution >= 0.6 is 11.3 Å². The third kappa shape index (κ3) is 3.75. The second kappa shape index (κ2) is 7.66. The summed E-state index contributed by atoms with van der Waals surface area (Å²) in [5.41, 5.74) is 1.02. The summed E-state index contributed by atoms with van der Waals surface area (Å²) in [6.45, 7) is 1.38. The largest absolute Gasteiger partial charge is 0.420 e. The normalized spacial score (nSPS) is 17.7. The number of aromatic nitrogens is 2. The summed E-state index contributed by atoms with van der Waals surface area (Å²) in [7, 11) is 0. The van der Waals surface area contributed by atoms with Gasteiger partial charge in [0.1, 0.15) is 0 Å². The van der Waals surface area contributed by atoms with Crippen molar-refractivity contribution in [1.29, 1.82) is 0 Å². The monoisotopic (exact) mass is 365 g/mol. The highest BCUT2D eigenvalue weighted by Crippen LogP contribution is 2.30. The van der Waals surface area contributed by atoms with Gasteiger partial charge in [0, 0.05) is 19.2 Å². The van der Waals surface area contributed by atoms with Crippen LogP contribution in [0.3, 0.4) is 0 Å². The predicted octanol–water partition coefficient (Wildman–Crippen LogP) is 4.22. The average Bonchev–Trinajstić information content (AvgIpc) is 3.38. The molecule has 0 spiro atoms. The van der Waals surface area contributed by atoms with Crippen LogP contribution in [0, 0.1) is 0 Å². The number of carbonyl (C=O) groups excluding carboxylic acids is 1. The molecule has 26 heavy (non-hydrogen) atoms. The number of piperidine rings is 1. The Labute approximate surface area is 156 Å². The Balaban J connectivity index is 1.42. The molecule has 0 saturated carbocycles. The fraction of sp³-hybridized carbons (Fsp3) is 0.250. The smallest absolute Gasteiger partial charge is 0.257 e. The van der Waals surface area contributed by atoms with Crippen molar-refractivity contribution in [3.63, 3.8) is 0 Å². The summed E-state index contributed by atoms with van der Waals surface area (Å²) in [4.78, 5) is 15.3. The molecular formula is C20H19N3O2S. The third-order valence-electron chi connectivity index (χ3n) is 4.47. The molecule has 1 unspecified atom stereocenters. The molecule has 1 saturated heterocycles. The lowest BCUT2D eigenvalue weighted by Gasteiger charge is -2.30. The van der Waals surface area contributed by atoms with Gasteiger partial charge in [0.25, 0.3) is 5.89 Å². The van der Waals surface area contributed by atoms with E-state index >= 15 is 0 Å². The van der Waals surface area contributed by atoms with Crippen LogP contribution in [0.5, 0.6) is 0 Å². The first kappa shape index (κ1) is 16.7. The molecular weight excluding hydrogens is 346 g/mol. The molecule has 6 heteroatoms. The number of hydrogen-bond donors (Lipinski definition) is 0. The summed E-state index contributed by atoms with van der Waals surface area (Å²) in [5, 5.41) is 10.4. The molecule has 0 radical (unpaired) electrons. The molecule has 0 aliphatic carbocycles. The molecule has 1 fully saturated rings. The number of benzene rings is 1. The van der Waals surface area contributed by atoms with Crippen LogP contribution in [-0.2, 0) is 4.79 Å². The van der Waals surface area contributed by atoms with E-state index in [0.29, 0.717) is 18.3 Å². The van der Waals surface area contributed by atoms with E-state index in [1.165, 1.54) is 0 Å². The SMILES string of the molecule is O=C(/C=C/c1ccccc1)N1CCCC(c2nnc(-c3cccs3)o2)C1. The maximum atomic E-state index is 12.5. The van der Waals surface area contributed by atoms with Gasteiger partial charge in [-0.1, -0.05) is 36.4 Å². The molecule has 1 atom stereocenters. The van der Waals surface area contributed by atoms with Crippen molar-refractivity contribution >= 4 is 23.3 Å². The van der Waals surface area contributed by atoms with E-state index in [-0.39, 0.29) is 11.8 Å². The molecule has 1 aliphatic heterocycles. The van der Waals surface area contributed by atoms with Crippen LogP contribution in [0.1, 0.15) is 30.2 Å². The van der Waals surface area contributed by atoms with Crippen LogP contribution in [0.25, 0.3) is 16.8 Å². The van der Waals surface area contributed by atoms with Crippen LogP contribution < -0.4 is 0 Å². The minimum atomic E-state index is 0.0246. The van der Waals surface area contributed by atoms with Gasteiger partial charge in [0.2, 0.25) is 11.8 Å². The van der Waals surface area contributed by atoms with Gasteiger partial charge in [-0.3, -0.25) is 4.79 Å². The van der Waals surface area contributed by atoms with E-state index in [1.54, 1.807) is 17.4 Å². The Hall–Kier alpha value is -2.73. The average molecular weight is 365 g/mol.